The van der Waals surface area contributed by atoms with E-state index in [0.29, 0.717) is 5.69 Å². The summed E-state index contributed by atoms with van der Waals surface area (Å²) in [6.45, 7) is 3.92. The van der Waals surface area contributed by atoms with Crippen LogP contribution in [0.2, 0.25) is 0 Å². The van der Waals surface area contributed by atoms with Crippen molar-refractivity contribution in [2.45, 2.75) is 19.8 Å². The lowest BCUT2D eigenvalue weighted by Gasteiger charge is -2.17. The standard InChI is InChI=1S/C21H21FN6O/c1-14-10-19(27-21(24-14)28-8-2-3-9-28)25-17-4-6-18(7-5-17)26-20(29)15-11-16(22)13-23-12-15/h4-7,10-13H,2-3,8-9H2,1H3,(H,26,29)(H,24,25,27). The second kappa shape index (κ2) is 8.22. The van der Waals surface area contributed by atoms with Gasteiger partial charge in [-0.05, 0) is 50.1 Å². The third kappa shape index (κ3) is 4.66. The van der Waals surface area contributed by atoms with Crippen molar-refractivity contribution in [2.24, 2.45) is 0 Å². The Balaban J connectivity index is 1.44. The molecule has 3 aromatic rings. The van der Waals surface area contributed by atoms with Gasteiger partial charge in [-0.25, -0.2) is 9.37 Å². The number of carbonyl (C=O) groups is 1. The maximum atomic E-state index is 13.2. The maximum Gasteiger partial charge on any atom is 0.257 e. The molecule has 1 aromatic carbocycles. The minimum absolute atomic E-state index is 0.165. The summed E-state index contributed by atoms with van der Waals surface area (Å²) in [5, 5.41) is 6.00. The lowest BCUT2D eigenvalue weighted by Crippen LogP contribution is -2.21. The number of benzene rings is 1. The fourth-order valence-electron chi connectivity index (χ4n) is 3.20. The van der Waals surface area contributed by atoms with Crippen LogP contribution in [0, 0.1) is 12.7 Å². The molecule has 2 aromatic heterocycles. The summed E-state index contributed by atoms with van der Waals surface area (Å²) in [7, 11) is 0. The zero-order valence-corrected chi connectivity index (χ0v) is 16.0. The highest BCUT2D eigenvalue weighted by Crippen LogP contribution is 2.22. The van der Waals surface area contributed by atoms with Crippen molar-refractivity contribution in [3.63, 3.8) is 0 Å². The van der Waals surface area contributed by atoms with Crippen molar-refractivity contribution in [3.8, 4) is 0 Å². The third-order valence-corrected chi connectivity index (χ3v) is 4.61. The Morgan fingerprint density at radius 1 is 1.03 bits per heavy atom. The van der Waals surface area contributed by atoms with Gasteiger partial charge in [0.25, 0.3) is 5.91 Å². The second-order valence-electron chi connectivity index (χ2n) is 6.94. The summed E-state index contributed by atoms with van der Waals surface area (Å²) in [4.78, 5) is 27.2. The molecular formula is C21H21FN6O. The van der Waals surface area contributed by atoms with Gasteiger partial charge in [0.05, 0.1) is 11.8 Å². The molecule has 0 radical (unpaired) electrons. The summed E-state index contributed by atoms with van der Waals surface area (Å²) >= 11 is 0. The minimum atomic E-state index is -0.550. The SMILES string of the molecule is Cc1cc(Nc2ccc(NC(=O)c3cncc(F)c3)cc2)nc(N2CCCC2)n1. The molecule has 1 aliphatic heterocycles. The van der Waals surface area contributed by atoms with Crippen LogP contribution in [0.15, 0.2) is 48.8 Å². The number of halogens is 1. The zero-order chi connectivity index (χ0) is 20.2. The Kier molecular flexibility index (Phi) is 5.33. The van der Waals surface area contributed by atoms with Crippen molar-refractivity contribution >= 4 is 29.0 Å². The van der Waals surface area contributed by atoms with E-state index < -0.39 is 11.7 Å². The molecule has 0 saturated carbocycles. The average molecular weight is 392 g/mol. The first-order valence-electron chi connectivity index (χ1n) is 9.46. The van der Waals surface area contributed by atoms with Gasteiger partial charge >= 0.3 is 0 Å². The molecule has 0 bridgehead atoms. The zero-order valence-electron chi connectivity index (χ0n) is 16.0. The molecule has 0 atom stereocenters. The number of hydrogen-bond donors (Lipinski definition) is 2. The molecule has 8 heteroatoms. The quantitative estimate of drug-likeness (QED) is 0.685. The summed E-state index contributed by atoms with van der Waals surface area (Å²) < 4.78 is 13.2. The number of pyridine rings is 1. The van der Waals surface area contributed by atoms with Crippen LogP contribution >= 0.6 is 0 Å². The molecule has 1 fully saturated rings. The Labute approximate surface area is 168 Å². The van der Waals surface area contributed by atoms with Gasteiger partial charge < -0.3 is 15.5 Å². The van der Waals surface area contributed by atoms with Crippen LogP contribution in [0.3, 0.4) is 0 Å². The summed E-state index contributed by atoms with van der Waals surface area (Å²) in [5.41, 5.74) is 2.50. The number of hydrogen-bond acceptors (Lipinski definition) is 6. The number of anilines is 4. The monoisotopic (exact) mass is 392 g/mol. The molecule has 29 heavy (non-hydrogen) atoms. The van der Waals surface area contributed by atoms with Gasteiger partial charge in [-0.15, -0.1) is 0 Å². The molecule has 0 unspecified atom stereocenters. The van der Waals surface area contributed by atoms with Crippen LogP contribution in [0.4, 0.5) is 27.5 Å². The smallest absolute Gasteiger partial charge is 0.257 e. The van der Waals surface area contributed by atoms with Crippen molar-refractivity contribution in [3.05, 3.63) is 65.9 Å². The average Bonchev–Trinajstić information content (AvgIpc) is 3.24. The molecule has 1 aliphatic rings. The van der Waals surface area contributed by atoms with Crippen molar-refractivity contribution in [1.29, 1.82) is 0 Å². The normalized spacial score (nSPS) is 13.4. The first kappa shape index (κ1) is 18.8. The van der Waals surface area contributed by atoms with Crippen molar-refractivity contribution in [1.82, 2.24) is 15.0 Å². The minimum Gasteiger partial charge on any atom is -0.341 e. The molecule has 1 amide bonds. The number of nitrogens with zero attached hydrogens (tertiary/aromatic N) is 4. The highest BCUT2D eigenvalue weighted by atomic mass is 19.1. The predicted octanol–water partition coefficient (Wildman–Crippen LogP) is 3.92. The number of nitrogens with one attached hydrogen (secondary N) is 2. The summed E-state index contributed by atoms with van der Waals surface area (Å²) in [6, 6.07) is 10.3. The first-order chi connectivity index (χ1) is 14.1. The molecule has 4 rings (SSSR count). The van der Waals surface area contributed by atoms with E-state index in [2.05, 4.69) is 30.5 Å². The Hall–Kier alpha value is -3.55. The lowest BCUT2D eigenvalue weighted by atomic mass is 10.2. The number of carbonyl (C=O) groups excluding carboxylic acids is 1. The molecule has 1 saturated heterocycles. The van der Waals surface area contributed by atoms with Crippen LogP contribution < -0.4 is 15.5 Å². The van der Waals surface area contributed by atoms with Gasteiger partial charge in [0.2, 0.25) is 5.95 Å². The molecule has 0 aliphatic carbocycles. The first-order valence-corrected chi connectivity index (χ1v) is 9.46. The number of aryl methyl sites for hydroxylation is 1. The summed E-state index contributed by atoms with van der Waals surface area (Å²) in [5.74, 6) is 0.504. The van der Waals surface area contributed by atoms with Crippen LogP contribution in [-0.4, -0.2) is 33.9 Å². The fraction of sp³-hybridized carbons (Fsp3) is 0.238. The van der Waals surface area contributed by atoms with E-state index in [1.165, 1.54) is 19.0 Å². The van der Waals surface area contributed by atoms with E-state index in [0.717, 1.165) is 48.5 Å². The molecule has 148 valence electrons. The molecule has 2 N–H and O–H groups in total. The third-order valence-electron chi connectivity index (χ3n) is 4.61. The highest BCUT2D eigenvalue weighted by Gasteiger charge is 2.16. The Morgan fingerprint density at radius 3 is 2.48 bits per heavy atom. The van der Waals surface area contributed by atoms with Gasteiger partial charge in [0, 0.05) is 42.4 Å². The molecular weight excluding hydrogens is 371 g/mol. The topological polar surface area (TPSA) is 83.0 Å². The van der Waals surface area contributed by atoms with E-state index in [4.69, 9.17) is 0 Å². The molecule has 7 nitrogen and oxygen atoms in total. The van der Waals surface area contributed by atoms with E-state index in [9.17, 15) is 9.18 Å². The maximum absolute atomic E-state index is 13.2. The fourth-order valence-corrected chi connectivity index (χ4v) is 3.20. The van der Waals surface area contributed by atoms with Gasteiger partial charge in [0.1, 0.15) is 11.6 Å². The second-order valence-corrected chi connectivity index (χ2v) is 6.94. The lowest BCUT2D eigenvalue weighted by molar-refractivity contribution is 0.102. The van der Waals surface area contributed by atoms with Crippen LogP contribution in [-0.2, 0) is 0 Å². The van der Waals surface area contributed by atoms with E-state index in [1.807, 2.05) is 25.1 Å². The van der Waals surface area contributed by atoms with Gasteiger partial charge in [0.15, 0.2) is 0 Å². The predicted molar refractivity (Wildman–Crippen MR) is 110 cm³/mol. The highest BCUT2D eigenvalue weighted by molar-refractivity contribution is 6.04. The van der Waals surface area contributed by atoms with Gasteiger partial charge in [-0.2, -0.15) is 4.98 Å². The molecule has 3 heterocycles. The number of aromatic nitrogens is 3. The van der Waals surface area contributed by atoms with Crippen LogP contribution in [0.25, 0.3) is 0 Å². The summed E-state index contributed by atoms with van der Waals surface area (Å²) in [6.07, 6.45) is 4.71. The number of rotatable bonds is 5. The van der Waals surface area contributed by atoms with Crippen molar-refractivity contribution in [2.75, 3.05) is 28.6 Å². The number of amides is 1. The van der Waals surface area contributed by atoms with E-state index in [1.54, 1.807) is 12.1 Å². The van der Waals surface area contributed by atoms with Crippen LogP contribution in [0.5, 0.6) is 0 Å². The van der Waals surface area contributed by atoms with Crippen LogP contribution in [0.1, 0.15) is 28.9 Å². The van der Waals surface area contributed by atoms with E-state index in [-0.39, 0.29) is 5.56 Å². The Morgan fingerprint density at radius 2 is 1.76 bits per heavy atom. The Bertz CT molecular complexity index is 1020. The van der Waals surface area contributed by atoms with E-state index >= 15 is 0 Å². The van der Waals surface area contributed by atoms with Crippen molar-refractivity contribution < 1.29 is 9.18 Å². The largest absolute Gasteiger partial charge is 0.341 e. The van der Waals surface area contributed by atoms with Gasteiger partial charge in [-0.3, -0.25) is 9.78 Å². The van der Waals surface area contributed by atoms with Gasteiger partial charge in [-0.1, -0.05) is 0 Å². The molecule has 0 spiro atoms.